The van der Waals surface area contributed by atoms with Gasteiger partial charge in [-0.3, -0.25) is 24.0 Å². The molecule has 0 aliphatic rings. The molecular formula is C33H46N6O7. The van der Waals surface area contributed by atoms with Crippen LogP contribution in [0, 0.1) is 0 Å². The summed E-state index contributed by atoms with van der Waals surface area (Å²) in [4.78, 5) is 77.2. The molecule has 0 heterocycles. The predicted octanol–water partition coefficient (Wildman–Crippen LogP) is 1.59. The fraction of sp³-hybridized carbons (Fsp3) is 0.455. The van der Waals surface area contributed by atoms with Gasteiger partial charge in [-0.15, -0.1) is 0 Å². The number of rotatable bonds is 14. The van der Waals surface area contributed by atoms with Crippen LogP contribution in [0.2, 0.25) is 0 Å². The van der Waals surface area contributed by atoms with Gasteiger partial charge in [-0.05, 0) is 66.5 Å². The molecule has 0 saturated carbocycles. The molecule has 2 aromatic rings. The molecule has 6 amide bonds. The Morgan fingerprint density at radius 1 is 0.609 bits per heavy atom. The summed E-state index contributed by atoms with van der Waals surface area (Å²) in [7, 11) is 0. The molecule has 2 rings (SSSR count). The van der Waals surface area contributed by atoms with Crippen molar-refractivity contribution in [2.45, 2.75) is 96.6 Å². The minimum Gasteiger partial charge on any atom is -0.445 e. The van der Waals surface area contributed by atoms with Crippen LogP contribution >= 0.6 is 0 Å². The van der Waals surface area contributed by atoms with Crippen LogP contribution in [0.1, 0.15) is 66.5 Å². The summed E-state index contributed by atoms with van der Waals surface area (Å²) in [5, 5.41) is 12.9. The van der Waals surface area contributed by atoms with Crippen LogP contribution in [-0.2, 0) is 41.7 Å². The van der Waals surface area contributed by atoms with Crippen LogP contribution in [0.15, 0.2) is 60.7 Å². The maximum atomic E-state index is 13.5. The Morgan fingerprint density at radius 2 is 1.00 bits per heavy atom. The second-order valence-electron chi connectivity index (χ2n) is 13.2. The Labute approximate surface area is 269 Å². The monoisotopic (exact) mass is 638 g/mol. The number of carbonyl (C=O) groups is 6. The van der Waals surface area contributed by atoms with Gasteiger partial charge in [-0.2, -0.15) is 0 Å². The zero-order chi connectivity index (χ0) is 34.9. The first-order valence-corrected chi connectivity index (χ1v) is 14.8. The molecule has 0 aliphatic carbocycles. The first-order chi connectivity index (χ1) is 21.2. The molecule has 46 heavy (non-hydrogen) atoms. The maximum absolute atomic E-state index is 13.5. The number of primary amides is 1. The van der Waals surface area contributed by atoms with Crippen molar-refractivity contribution in [1.82, 2.24) is 26.6 Å². The highest BCUT2D eigenvalue weighted by Gasteiger charge is 2.42. The van der Waals surface area contributed by atoms with E-state index in [-0.39, 0.29) is 13.0 Å². The Bertz CT molecular complexity index is 1420. The zero-order valence-electron chi connectivity index (χ0n) is 27.7. The van der Waals surface area contributed by atoms with Gasteiger partial charge in [-0.1, -0.05) is 60.7 Å². The van der Waals surface area contributed by atoms with Crippen molar-refractivity contribution >= 4 is 35.6 Å². The van der Waals surface area contributed by atoms with Gasteiger partial charge in [0, 0.05) is 6.42 Å². The Hall–Kier alpha value is -4.94. The van der Waals surface area contributed by atoms with Crippen LogP contribution in [0.5, 0.6) is 0 Å². The Morgan fingerprint density at radius 3 is 1.43 bits per heavy atom. The van der Waals surface area contributed by atoms with Crippen LogP contribution in [0.3, 0.4) is 0 Å². The number of nitrogens with two attached hydrogens (primary N) is 1. The molecule has 0 bridgehead atoms. The predicted molar refractivity (Wildman–Crippen MR) is 172 cm³/mol. The standard InChI is InChI=1S/C33H46N6O7/c1-30(2,25(34)41)37-27(43)32(5,6)39-28(44)33(7,8)38-26(42)31(3,4)36-24(40)23(19-21-15-11-9-12-16-21)35-29(45)46-20-22-17-13-10-14-18-22/h9-18,23H,19-20H2,1-8H3,(H2,34,41)(H,35,45)(H,36,40)(H,37,43)(H,38,42)(H,39,44)/t23-/m0/s1. The molecule has 13 heteroatoms. The van der Waals surface area contributed by atoms with E-state index in [2.05, 4.69) is 26.6 Å². The summed E-state index contributed by atoms with van der Waals surface area (Å²) in [5.41, 5.74) is 0.926. The van der Waals surface area contributed by atoms with E-state index in [1.165, 1.54) is 55.4 Å². The maximum Gasteiger partial charge on any atom is 0.408 e. The molecule has 0 fully saturated rings. The number of nitrogens with one attached hydrogen (secondary N) is 5. The minimum atomic E-state index is -1.54. The molecule has 1 atom stereocenters. The van der Waals surface area contributed by atoms with Crippen LogP contribution < -0.4 is 32.3 Å². The number of ether oxygens (including phenoxy) is 1. The lowest BCUT2D eigenvalue weighted by molar-refractivity contribution is -0.140. The third-order valence-corrected chi connectivity index (χ3v) is 7.14. The molecule has 7 N–H and O–H groups in total. The Kier molecular flexibility index (Phi) is 12.1. The minimum absolute atomic E-state index is 0.00123. The molecule has 0 radical (unpaired) electrons. The number of alkyl carbamates (subject to hydrolysis) is 1. The number of hydrogen-bond donors (Lipinski definition) is 6. The first-order valence-electron chi connectivity index (χ1n) is 14.8. The van der Waals surface area contributed by atoms with E-state index in [0.717, 1.165) is 11.1 Å². The second-order valence-corrected chi connectivity index (χ2v) is 13.2. The van der Waals surface area contributed by atoms with E-state index in [9.17, 15) is 28.8 Å². The fourth-order valence-corrected chi connectivity index (χ4v) is 3.91. The summed E-state index contributed by atoms with van der Waals surface area (Å²) < 4.78 is 5.31. The van der Waals surface area contributed by atoms with Crippen molar-refractivity contribution in [1.29, 1.82) is 0 Å². The summed E-state index contributed by atoms with van der Waals surface area (Å²) in [6.45, 7) is 11.5. The van der Waals surface area contributed by atoms with E-state index in [0.29, 0.717) is 0 Å². The van der Waals surface area contributed by atoms with Crippen molar-refractivity contribution in [2.24, 2.45) is 5.73 Å². The van der Waals surface area contributed by atoms with Gasteiger partial charge in [0.2, 0.25) is 29.5 Å². The highest BCUT2D eigenvalue weighted by atomic mass is 16.5. The second kappa shape index (κ2) is 14.9. The normalized spacial score (nSPS) is 12.6. The Balaban J connectivity index is 2.11. The highest BCUT2D eigenvalue weighted by Crippen LogP contribution is 2.14. The fourth-order valence-electron chi connectivity index (χ4n) is 3.91. The van der Waals surface area contributed by atoms with Crippen molar-refractivity contribution in [3.63, 3.8) is 0 Å². The SMILES string of the molecule is CC(C)(NC(=O)C(C)(C)NC(=O)C(C)(C)NC(=O)C(C)(C)NC(=O)[C@H](Cc1ccccc1)NC(=O)OCc1ccccc1)C(N)=O. The third kappa shape index (κ3) is 10.9. The zero-order valence-corrected chi connectivity index (χ0v) is 27.7. The lowest BCUT2D eigenvalue weighted by Crippen LogP contribution is -2.68. The molecule has 250 valence electrons. The van der Waals surface area contributed by atoms with E-state index < -0.39 is 63.8 Å². The summed E-state index contributed by atoms with van der Waals surface area (Å²) in [6, 6.07) is 17.0. The lowest BCUT2D eigenvalue weighted by atomic mass is 9.95. The van der Waals surface area contributed by atoms with Gasteiger partial charge in [0.15, 0.2) is 0 Å². The number of carbonyl (C=O) groups excluding carboxylic acids is 6. The smallest absolute Gasteiger partial charge is 0.408 e. The van der Waals surface area contributed by atoms with Gasteiger partial charge in [0.1, 0.15) is 34.8 Å². The van der Waals surface area contributed by atoms with E-state index in [1.807, 2.05) is 24.3 Å². The van der Waals surface area contributed by atoms with Crippen molar-refractivity contribution in [2.75, 3.05) is 0 Å². The highest BCUT2D eigenvalue weighted by molar-refractivity contribution is 6.00. The first kappa shape index (κ1) is 37.2. The average Bonchev–Trinajstić information content (AvgIpc) is 2.95. The largest absolute Gasteiger partial charge is 0.445 e. The van der Waals surface area contributed by atoms with E-state index in [4.69, 9.17) is 10.5 Å². The van der Waals surface area contributed by atoms with Crippen LogP contribution in [0.25, 0.3) is 0 Å². The van der Waals surface area contributed by atoms with Gasteiger partial charge < -0.3 is 37.1 Å². The number of hydrogen-bond acceptors (Lipinski definition) is 7. The number of benzene rings is 2. The van der Waals surface area contributed by atoms with Crippen LogP contribution in [0.4, 0.5) is 4.79 Å². The number of amides is 6. The van der Waals surface area contributed by atoms with Crippen LogP contribution in [-0.4, -0.2) is 63.8 Å². The lowest BCUT2D eigenvalue weighted by Gasteiger charge is -2.36. The summed E-state index contributed by atoms with van der Waals surface area (Å²) >= 11 is 0. The average molecular weight is 639 g/mol. The van der Waals surface area contributed by atoms with Gasteiger partial charge >= 0.3 is 6.09 Å². The summed E-state index contributed by atoms with van der Waals surface area (Å²) in [6.07, 6.45) is -0.701. The summed E-state index contributed by atoms with van der Waals surface area (Å²) in [5.74, 6) is -3.49. The van der Waals surface area contributed by atoms with Crippen molar-refractivity contribution in [3.05, 3.63) is 71.8 Å². The third-order valence-electron chi connectivity index (χ3n) is 7.14. The molecule has 2 aromatic carbocycles. The van der Waals surface area contributed by atoms with Gasteiger partial charge in [0.05, 0.1) is 0 Å². The van der Waals surface area contributed by atoms with E-state index in [1.54, 1.807) is 36.4 Å². The van der Waals surface area contributed by atoms with Crippen molar-refractivity contribution in [3.8, 4) is 0 Å². The topological polar surface area (TPSA) is 198 Å². The molecule has 0 aromatic heterocycles. The van der Waals surface area contributed by atoms with Crippen molar-refractivity contribution < 1.29 is 33.5 Å². The molecule has 0 saturated heterocycles. The molecule has 0 aliphatic heterocycles. The molecule has 13 nitrogen and oxygen atoms in total. The molecule has 0 unspecified atom stereocenters. The molecular weight excluding hydrogens is 592 g/mol. The van der Waals surface area contributed by atoms with E-state index >= 15 is 0 Å². The quantitative estimate of drug-likeness (QED) is 0.181. The van der Waals surface area contributed by atoms with Gasteiger partial charge in [0.25, 0.3) is 0 Å². The molecule has 0 spiro atoms. The van der Waals surface area contributed by atoms with Gasteiger partial charge in [-0.25, -0.2) is 4.79 Å².